The highest BCUT2D eigenvalue weighted by molar-refractivity contribution is 9.10. The zero-order valence-electron chi connectivity index (χ0n) is 7.56. The van der Waals surface area contributed by atoms with Crippen LogP contribution in [0.2, 0.25) is 0 Å². The van der Waals surface area contributed by atoms with Crippen molar-refractivity contribution in [2.24, 2.45) is 0 Å². The van der Waals surface area contributed by atoms with Gasteiger partial charge in [-0.05, 0) is 30.2 Å². The van der Waals surface area contributed by atoms with Gasteiger partial charge in [0.25, 0.3) is 0 Å². The van der Waals surface area contributed by atoms with E-state index in [2.05, 4.69) is 31.9 Å². The molecule has 0 aliphatic rings. The molecule has 0 aromatic heterocycles. The first-order chi connectivity index (χ1) is 6.56. The molecule has 0 bridgehead atoms. The number of rotatable bonds is 3. The lowest BCUT2D eigenvalue weighted by Crippen LogP contribution is -2.04. The van der Waals surface area contributed by atoms with Crippen molar-refractivity contribution < 1.29 is 9.18 Å². The van der Waals surface area contributed by atoms with E-state index in [4.69, 9.17) is 0 Å². The molecule has 1 aromatic carbocycles. The van der Waals surface area contributed by atoms with Gasteiger partial charge in [-0.1, -0.05) is 37.9 Å². The summed E-state index contributed by atoms with van der Waals surface area (Å²) in [4.78, 5) is 10.7. The molecule has 0 saturated heterocycles. The minimum Gasteiger partial charge on any atom is -0.298 e. The molecule has 4 heteroatoms. The number of carbonyl (C=O) groups is 1. The van der Waals surface area contributed by atoms with E-state index in [0.717, 1.165) is 4.47 Å². The molecule has 76 valence electrons. The Morgan fingerprint density at radius 2 is 2.21 bits per heavy atom. The summed E-state index contributed by atoms with van der Waals surface area (Å²) in [6.45, 7) is 0.910. The van der Waals surface area contributed by atoms with Gasteiger partial charge in [-0.2, -0.15) is 0 Å². The summed E-state index contributed by atoms with van der Waals surface area (Å²) in [5.74, 6) is -0.0259. The molecule has 1 rings (SSSR count). The van der Waals surface area contributed by atoms with Crippen LogP contribution in [0.1, 0.15) is 22.9 Å². The summed E-state index contributed by atoms with van der Waals surface area (Å²) in [5, 5.41) is 0. The Bertz CT molecular complexity index is 352. The first-order valence-corrected chi connectivity index (χ1v) is 5.76. The van der Waals surface area contributed by atoms with Gasteiger partial charge < -0.3 is 0 Å². The third-order valence-electron chi connectivity index (χ3n) is 1.88. The third-order valence-corrected chi connectivity index (χ3v) is 3.51. The van der Waals surface area contributed by atoms with E-state index < -0.39 is 11.5 Å². The monoisotopic (exact) mass is 322 g/mol. The van der Waals surface area contributed by atoms with Crippen LogP contribution in [0.3, 0.4) is 0 Å². The lowest BCUT2D eigenvalue weighted by molar-refractivity contribution is -0.116. The number of benzene rings is 1. The highest BCUT2D eigenvalue weighted by Gasteiger charge is 2.16. The highest BCUT2D eigenvalue weighted by atomic mass is 79.9. The summed E-state index contributed by atoms with van der Waals surface area (Å²) in [6.07, 6.45) is 0. The Hall–Kier alpha value is -0.220. The van der Waals surface area contributed by atoms with Crippen LogP contribution in [0.15, 0.2) is 22.7 Å². The van der Waals surface area contributed by atoms with Crippen molar-refractivity contribution in [2.45, 2.75) is 18.4 Å². The third kappa shape index (κ3) is 2.64. The number of ketones is 1. The quantitative estimate of drug-likeness (QED) is 0.770. The summed E-state index contributed by atoms with van der Waals surface area (Å²) in [5.41, 5.74) is 1.24. The van der Waals surface area contributed by atoms with E-state index in [1.54, 1.807) is 18.2 Å². The zero-order valence-corrected chi connectivity index (χ0v) is 10.7. The Labute approximate surface area is 99.0 Å². The molecule has 14 heavy (non-hydrogen) atoms. The second kappa shape index (κ2) is 5.03. The van der Waals surface area contributed by atoms with Gasteiger partial charge in [0.2, 0.25) is 0 Å². The summed E-state index contributed by atoms with van der Waals surface area (Å²) in [6, 6.07) is 5.23. The molecular weight excluding hydrogens is 315 g/mol. The van der Waals surface area contributed by atoms with Crippen molar-refractivity contribution in [3.8, 4) is 0 Å². The highest BCUT2D eigenvalue weighted by Crippen LogP contribution is 2.29. The number of halogens is 3. The summed E-state index contributed by atoms with van der Waals surface area (Å²) < 4.78 is 13.5. The molecule has 0 N–H and O–H groups in total. The fraction of sp³-hybridized carbons (Fsp3) is 0.300. The fourth-order valence-corrected chi connectivity index (χ4v) is 2.01. The number of hydrogen-bond donors (Lipinski definition) is 0. The molecule has 1 nitrogen and oxygen atoms in total. The predicted molar refractivity (Wildman–Crippen MR) is 61.3 cm³/mol. The van der Waals surface area contributed by atoms with Crippen molar-refractivity contribution in [1.29, 1.82) is 0 Å². The van der Waals surface area contributed by atoms with Crippen molar-refractivity contribution in [1.82, 2.24) is 0 Å². The minimum atomic E-state index is -0.565. The Balaban J connectivity index is 3.13. The molecule has 0 radical (unpaired) electrons. The van der Waals surface area contributed by atoms with Gasteiger partial charge in [-0.15, -0.1) is 0 Å². The van der Waals surface area contributed by atoms with Crippen LogP contribution in [-0.4, -0.2) is 5.78 Å². The summed E-state index contributed by atoms with van der Waals surface area (Å²) in [7, 11) is 0. The van der Waals surface area contributed by atoms with Gasteiger partial charge in [0.1, 0.15) is 12.5 Å². The normalized spacial score (nSPS) is 12.6. The predicted octanol–water partition coefficient (Wildman–Crippen LogP) is 3.94. The Morgan fingerprint density at radius 3 is 2.71 bits per heavy atom. The maximum absolute atomic E-state index is 12.6. The van der Waals surface area contributed by atoms with Crippen molar-refractivity contribution in [2.75, 3.05) is 0 Å². The van der Waals surface area contributed by atoms with Crippen LogP contribution in [0.25, 0.3) is 0 Å². The fourth-order valence-electron chi connectivity index (χ4n) is 1.16. The standard InChI is InChI=1S/C10H9Br2FO/c1-6(14)10(12)9-3-2-8(11)4-7(9)5-13/h2-4,10H,5H2,1H3. The van der Waals surface area contributed by atoms with E-state index in [0.29, 0.717) is 11.1 Å². The number of carbonyl (C=O) groups excluding carboxylic acids is 1. The SMILES string of the molecule is CC(=O)C(Br)c1ccc(Br)cc1CF. The lowest BCUT2D eigenvalue weighted by atomic mass is 10.0. The smallest absolute Gasteiger partial charge is 0.147 e. The summed E-state index contributed by atoms with van der Waals surface area (Å²) >= 11 is 6.49. The molecule has 0 spiro atoms. The van der Waals surface area contributed by atoms with E-state index in [9.17, 15) is 9.18 Å². The van der Waals surface area contributed by atoms with Gasteiger partial charge >= 0.3 is 0 Å². The molecule has 1 unspecified atom stereocenters. The van der Waals surface area contributed by atoms with Crippen LogP contribution in [0.4, 0.5) is 4.39 Å². The topological polar surface area (TPSA) is 17.1 Å². The van der Waals surface area contributed by atoms with E-state index in [1.807, 2.05) is 0 Å². The minimum absolute atomic E-state index is 0.0259. The van der Waals surface area contributed by atoms with Crippen LogP contribution in [-0.2, 0) is 11.5 Å². The second-order valence-corrected chi connectivity index (χ2v) is 4.78. The van der Waals surface area contributed by atoms with Crippen molar-refractivity contribution in [3.05, 3.63) is 33.8 Å². The first kappa shape index (κ1) is 11.9. The average molecular weight is 324 g/mol. The van der Waals surface area contributed by atoms with E-state index in [-0.39, 0.29) is 5.78 Å². The Morgan fingerprint density at radius 1 is 1.57 bits per heavy atom. The average Bonchev–Trinajstić information content (AvgIpc) is 2.16. The lowest BCUT2D eigenvalue weighted by Gasteiger charge is -2.10. The molecule has 0 heterocycles. The van der Waals surface area contributed by atoms with Gasteiger partial charge in [-0.25, -0.2) is 4.39 Å². The first-order valence-electron chi connectivity index (χ1n) is 4.05. The van der Waals surface area contributed by atoms with Crippen molar-refractivity contribution >= 4 is 37.6 Å². The molecule has 0 fully saturated rings. The maximum atomic E-state index is 12.6. The Kier molecular flexibility index (Phi) is 4.26. The molecular formula is C10H9Br2FO. The molecule has 1 atom stereocenters. The maximum Gasteiger partial charge on any atom is 0.147 e. The molecule has 0 saturated carbocycles. The van der Waals surface area contributed by atoms with Crippen LogP contribution in [0.5, 0.6) is 0 Å². The van der Waals surface area contributed by atoms with Crippen LogP contribution >= 0.6 is 31.9 Å². The molecule has 0 aliphatic heterocycles. The van der Waals surface area contributed by atoms with Crippen LogP contribution in [0, 0.1) is 0 Å². The molecule has 1 aromatic rings. The number of Topliss-reactive ketones (excluding diaryl/α,β-unsaturated/α-hetero) is 1. The van der Waals surface area contributed by atoms with Crippen LogP contribution < -0.4 is 0 Å². The van der Waals surface area contributed by atoms with Gasteiger partial charge in [-0.3, -0.25) is 4.79 Å². The van der Waals surface area contributed by atoms with E-state index >= 15 is 0 Å². The van der Waals surface area contributed by atoms with Gasteiger partial charge in [0.05, 0.1) is 4.83 Å². The largest absolute Gasteiger partial charge is 0.298 e. The number of hydrogen-bond acceptors (Lipinski definition) is 1. The molecule has 0 amide bonds. The number of alkyl halides is 2. The van der Waals surface area contributed by atoms with Crippen molar-refractivity contribution in [3.63, 3.8) is 0 Å². The van der Waals surface area contributed by atoms with Gasteiger partial charge in [0.15, 0.2) is 0 Å². The van der Waals surface area contributed by atoms with E-state index in [1.165, 1.54) is 6.92 Å². The zero-order chi connectivity index (χ0) is 10.7. The second-order valence-electron chi connectivity index (χ2n) is 2.95. The van der Waals surface area contributed by atoms with Gasteiger partial charge in [0, 0.05) is 4.47 Å². The molecule has 0 aliphatic carbocycles.